The predicted octanol–water partition coefficient (Wildman–Crippen LogP) is 3.89. The summed E-state index contributed by atoms with van der Waals surface area (Å²) in [5, 5.41) is 15.8. The number of hydrogen-bond acceptors (Lipinski definition) is 6. The molecule has 5 heterocycles. The third-order valence-corrected chi connectivity index (χ3v) is 6.81. The quantitative estimate of drug-likeness (QED) is 0.393. The number of aliphatic hydroxyl groups is 1. The first kappa shape index (κ1) is 22.6. The number of halogens is 1. The van der Waals surface area contributed by atoms with Gasteiger partial charge >= 0.3 is 0 Å². The Morgan fingerprint density at radius 1 is 1.08 bits per heavy atom. The van der Waals surface area contributed by atoms with Crippen LogP contribution < -0.4 is 4.90 Å². The van der Waals surface area contributed by atoms with Gasteiger partial charge < -0.3 is 15.0 Å². The zero-order valence-corrected chi connectivity index (χ0v) is 20.3. The van der Waals surface area contributed by atoms with Gasteiger partial charge in [-0.15, -0.1) is 5.10 Å². The van der Waals surface area contributed by atoms with Gasteiger partial charge in [-0.05, 0) is 61.9 Å². The summed E-state index contributed by atoms with van der Waals surface area (Å²) in [5.41, 5.74) is 5.94. The first-order valence-corrected chi connectivity index (χ1v) is 12.2. The molecule has 0 bridgehead atoms. The summed E-state index contributed by atoms with van der Waals surface area (Å²) in [5.74, 6) is 0.604. The zero-order valence-electron chi connectivity index (χ0n) is 20.3. The van der Waals surface area contributed by atoms with Gasteiger partial charge in [0.15, 0.2) is 5.65 Å². The van der Waals surface area contributed by atoms with E-state index in [-0.39, 0.29) is 11.9 Å². The molecule has 1 saturated heterocycles. The average Bonchev–Trinajstić information content (AvgIpc) is 3.50. The van der Waals surface area contributed by atoms with E-state index in [9.17, 15) is 9.50 Å². The number of benzene rings is 1. The number of piperazine rings is 1. The number of β-amino-alcohol motifs (C(OH)–C–C–N with tert-alkyl or cyclic N) is 1. The van der Waals surface area contributed by atoms with Crippen molar-refractivity contribution in [2.24, 2.45) is 0 Å². The number of H-pyrrole nitrogens is 1. The Balaban J connectivity index is 1.51. The number of nitrogens with zero attached hydrogens (tertiary/aromatic N) is 6. The van der Waals surface area contributed by atoms with Gasteiger partial charge in [-0.2, -0.15) is 0 Å². The highest BCUT2D eigenvalue weighted by Gasteiger charge is 2.24. The van der Waals surface area contributed by atoms with E-state index in [4.69, 9.17) is 10.1 Å². The van der Waals surface area contributed by atoms with Crippen LogP contribution in [0.1, 0.15) is 12.5 Å². The number of aromatic amines is 1. The molecule has 2 N–H and O–H groups in total. The topological polar surface area (TPSA) is 85.6 Å². The summed E-state index contributed by atoms with van der Waals surface area (Å²) in [6.45, 7) is 7.96. The number of imidazole rings is 1. The van der Waals surface area contributed by atoms with Crippen molar-refractivity contribution < 1.29 is 9.50 Å². The zero-order chi connectivity index (χ0) is 24.8. The molecule has 8 nitrogen and oxygen atoms in total. The van der Waals surface area contributed by atoms with E-state index in [0.717, 1.165) is 76.8 Å². The van der Waals surface area contributed by atoms with Crippen molar-refractivity contribution in [2.45, 2.75) is 20.0 Å². The minimum atomic E-state index is -0.336. The van der Waals surface area contributed by atoms with Crippen molar-refractivity contribution in [3.8, 4) is 22.5 Å². The lowest BCUT2D eigenvalue weighted by Crippen LogP contribution is -2.48. The number of aliphatic hydroxyl groups excluding tert-OH is 1. The molecule has 36 heavy (non-hydrogen) atoms. The molecular weight excluding hydrogens is 457 g/mol. The maximum absolute atomic E-state index is 13.7. The van der Waals surface area contributed by atoms with Crippen LogP contribution in [0.5, 0.6) is 0 Å². The summed E-state index contributed by atoms with van der Waals surface area (Å²) in [4.78, 5) is 17.2. The van der Waals surface area contributed by atoms with Crippen molar-refractivity contribution in [1.82, 2.24) is 29.5 Å². The summed E-state index contributed by atoms with van der Waals surface area (Å²) in [6, 6.07) is 12.5. The Morgan fingerprint density at radius 3 is 2.61 bits per heavy atom. The van der Waals surface area contributed by atoms with E-state index in [0.29, 0.717) is 6.54 Å². The minimum Gasteiger partial charge on any atom is -0.392 e. The van der Waals surface area contributed by atoms with Gasteiger partial charge in [0.1, 0.15) is 23.0 Å². The fourth-order valence-corrected chi connectivity index (χ4v) is 5.06. The van der Waals surface area contributed by atoms with Gasteiger partial charge in [-0.25, -0.2) is 18.9 Å². The Hall–Kier alpha value is -3.82. The molecule has 0 spiro atoms. The van der Waals surface area contributed by atoms with E-state index in [2.05, 4.69) is 25.8 Å². The normalized spacial score (nSPS) is 15.7. The highest BCUT2D eigenvalue weighted by Crippen LogP contribution is 2.37. The van der Waals surface area contributed by atoms with Gasteiger partial charge in [0, 0.05) is 61.6 Å². The van der Waals surface area contributed by atoms with Crippen molar-refractivity contribution in [2.75, 3.05) is 37.6 Å². The molecule has 184 valence electrons. The van der Waals surface area contributed by atoms with E-state index >= 15 is 0 Å². The van der Waals surface area contributed by atoms with E-state index in [1.807, 2.05) is 36.7 Å². The van der Waals surface area contributed by atoms with Crippen molar-refractivity contribution in [3.05, 3.63) is 66.2 Å². The second-order valence-electron chi connectivity index (χ2n) is 9.47. The van der Waals surface area contributed by atoms with Crippen LogP contribution in [-0.4, -0.2) is 73.4 Å². The van der Waals surface area contributed by atoms with Crippen LogP contribution in [0.4, 0.5) is 10.2 Å². The average molecular weight is 486 g/mol. The largest absolute Gasteiger partial charge is 0.392 e. The van der Waals surface area contributed by atoms with Gasteiger partial charge in [0.2, 0.25) is 0 Å². The number of rotatable bonds is 5. The first-order chi connectivity index (χ1) is 17.5. The fraction of sp³-hybridized carbons (Fsp3) is 0.296. The van der Waals surface area contributed by atoms with E-state index < -0.39 is 0 Å². The predicted molar refractivity (Wildman–Crippen MR) is 139 cm³/mol. The van der Waals surface area contributed by atoms with Crippen LogP contribution >= 0.6 is 0 Å². The van der Waals surface area contributed by atoms with Crippen molar-refractivity contribution >= 4 is 22.5 Å². The van der Waals surface area contributed by atoms with Crippen molar-refractivity contribution in [3.63, 3.8) is 0 Å². The molecule has 1 aliphatic heterocycles. The van der Waals surface area contributed by atoms with Crippen molar-refractivity contribution in [1.29, 1.82) is 0 Å². The lowest BCUT2D eigenvalue weighted by molar-refractivity contribution is 0.122. The van der Waals surface area contributed by atoms with Crippen LogP contribution in [-0.2, 0) is 0 Å². The Labute approximate surface area is 208 Å². The van der Waals surface area contributed by atoms with Gasteiger partial charge in [0.25, 0.3) is 0 Å². The Kier molecular flexibility index (Phi) is 5.66. The summed E-state index contributed by atoms with van der Waals surface area (Å²) >= 11 is 0. The SMILES string of the molecule is Cc1cc(N2CCN(C[C@H](C)O)CC2)nn2c(-c3ccnc4[nH]ccc34)c(-c3ccc(F)cc3)nc12. The van der Waals surface area contributed by atoms with Gasteiger partial charge in [0.05, 0.1) is 11.8 Å². The lowest BCUT2D eigenvalue weighted by atomic mass is 10.0. The summed E-state index contributed by atoms with van der Waals surface area (Å²) < 4.78 is 15.7. The molecule has 1 atom stereocenters. The summed E-state index contributed by atoms with van der Waals surface area (Å²) in [7, 11) is 0. The standard InChI is InChI=1S/C27H28FN7O/c1-17-15-23(34-13-11-33(12-14-34)16-18(2)36)32-35-25(21-7-9-29-26-22(21)8-10-30-26)24(31-27(17)35)19-3-5-20(28)6-4-19/h3-10,15,18,36H,11-14,16H2,1-2H3,(H,29,30)/t18-/m0/s1. The highest BCUT2D eigenvalue weighted by molar-refractivity contribution is 5.97. The number of aromatic nitrogens is 5. The minimum absolute atomic E-state index is 0.285. The molecule has 5 aromatic rings. The lowest BCUT2D eigenvalue weighted by Gasteiger charge is -2.35. The van der Waals surface area contributed by atoms with Gasteiger partial charge in [-0.3, -0.25) is 4.90 Å². The number of pyridine rings is 1. The van der Waals surface area contributed by atoms with Crippen LogP contribution in [0.3, 0.4) is 0 Å². The molecule has 0 aliphatic carbocycles. The number of fused-ring (bicyclic) bond motifs is 2. The second-order valence-corrected chi connectivity index (χ2v) is 9.47. The molecule has 9 heteroatoms. The second kappa shape index (κ2) is 9.00. The first-order valence-electron chi connectivity index (χ1n) is 12.2. The van der Waals surface area contributed by atoms with Crippen LogP contribution in [0.2, 0.25) is 0 Å². The molecule has 0 saturated carbocycles. The van der Waals surface area contributed by atoms with Crippen LogP contribution in [0.15, 0.2) is 54.9 Å². The smallest absolute Gasteiger partial charge is 0.158 e. The molecule has 1 fully saturated rings. The maximum Gasteiger partial charge on any atom is 0.158 e. The molecule has 1 aliphatic rings. The van der Waals surface area contributed by atoms with E-state index in [1.165, 1.54) is 12.1 Å². The van der Waals surface area contributed by atoms with Gasteiger partial charge in [-0.1, -0.05) is 0 Å². The maximum atomic E-state index is 13.7. The molecule has 0 amide bonds. The molecular formula is C27H28FN7O. The fourth-order valence-electron chi connectivity index (χ4n) is 5.06. The Morgan fingerprint density at radius 2 is 1.86 bits per heavy atom. The van der Waals surface area contributed by atoms with Crippen LogP contribution in [0, 0.1) is 12.7 Å². The molecule has 1 aromatic carbocycles. The van der Waals surface area contributed by atoms with E-state index in [1.54, 1.807) is 18.3 Å². The van der Waals surface area contributed by atoms with Crippen LogP contribution in [0.25, 0.3) is 39.2 Å². The number of anilines is 1. The molecule has 0 unspecified atom stereocenters. The Bertz CT molecular complexity index is 1530. The highest BCUT2D eigenvalue weighted by atomic mass is 19.1. The number of hydrogen-bond donors (Lipinski definition) is 2. The molecule has 6 rings (SSSR count). The third kappa shape index (κ3) is 4.00. The third-order valence-electron chi connectivity index (χ3n) is 6.81. The molecule has 4 aromatic heterocycles. The number of nitrogens with one attached hydrogen (secondary N) is 1. The monoisotopic (exact) mass is 485 g/mol. The molecule has 0 radical (unpaired) electrons. The summed E-state index contributed by atoms with van der Waals surface area (Å²) in [6.07, 6.45) is 3.32. The number of aryl methyl sites for hydroxylation is 1.